The van der Waals surface area contributed by atoms with E-state index in [4.69, 9.17) is 10.2 Å². The zero-order chi connectivity index (χ0) is 13.9. The second kappa shape index (κ2) is 5.46. The summed E-state index contributed by atoms with van der Waals surface area (Å²) in [5.41, 5.74) is 0. The van der Waals surface area contributed by atoms with Crippen molar-refractivity contribution in [3.05, 3.63) is 17.0 Å². The molecule has 18 heavy (non-hydrogen) atoms. The highest BCUT2D eigenvalue weighted by Gasteiger charge is 2.28. The third-order valence-electron chi connectivity index (χ3n) is 1.95. The molecule has 0 aliphatic heterocycles. The van der Waals surface area contributed by atoms with Crippen LogP contribution in [0.15, 0.2) is 16.3 Å². The Morgan fingerprint density at radius 3 is 2.39 bits per heavy atom. The summed E-state index contributed by atoms with van der Waals surface area (Å²) >= 11 is 0.976. The Balaban J connectivity index is 2.93. The molecular formula is C9H11NO6S2. The number of rotatable bonds is 6. The van der Waals surface area contributed by atoms with Crippen molar-refractivity contribution in [1.82, 2.24) is 4.72 Å². The van der Waals surface area contributed by atoms with Gasteiger partial charge in [0.2, 0.25) is 0 Å². The Labute approximate surface area is 107 Å². The minimum Gasteiger partial charge on any atom is -0.481 e. The lowest BCUT2D eigenvalue weighted by atomic mass is 10.2. The first-order chi connectivity index (χ1) is 8.22. The molecule has 0 aromatic carbocycles. The van der Waals surface area contributed by atoms with Crippen LogP contribution in [0.5, 0.6) is 0 Å². The summed E-state index contributed by atoms with van der Waals surface area (Å²) in [5, 5.41) is 17.3. The zero-order valence-electron chi connectivity index (χ0n) is 9.28. The normalized spacial score (nSPS) is 13.2. The summed E-state index contributed by atoms with van der Waals surface area (Å²) in [4.78, 5) is 22.0. The van der Waals surface area contributed by atoms with Crippen LogP contribution in [0.1, 0.15) is 11.3 Å². The molecule has 100 valence electrons. The van der Waals surface area contributed by atoms with Crippen LogP contribution in [-0.2, 0) is 19.6 Å². The standard InChI is InChI=1S/C9H11NO6S2/c1-5-2-3-8(17-5)18(15,16)10-6(9(13)14)4-7(11)12/h2-3,6,10H,4H2,1H3,(H,11,12)(H,13,14). The Morgan fingerprint density at radius 2 is 2.00 bits per heavy atom. The fourth-order valence-electron chi connectivity index (χ4n) is 1.16. The Hall–Kier alpha value is -1.45. The van der Waals surface area contributed by atoms with Crippen molar-refractivity contribution >= 4 is 33.3 Å². The SMILES string of the molecule is Cc1ccc(S(=O)(=O)NC(CC(=O)O)C(=O)O)s1. The van der Waals surface area contributed by atoms with Crippen LogP contribution < -0.4 is 4.72 Å². The number of carboxylic acids is 2. The fraction of sp³-hybridized carbons (Fsp3) is 0.333. The molecule has 1 aromatic heterocycles. The smallest absolute Gasteiger partial charge is 0.322 e. The van der Waals surface area contributed by atoms with Gasteiger partial charge in [0.25, 0.3) is 10.0 Å². The van der Waals surface area contributed by atoms with Crippen LogP contribution in [0.25, 0.3) is 0 Å². The van der Waals surface area contributed by atoms with Gasteiger partial charge in [-0.3, -0.25) is 9.59 Å². The number of aryl methyl sites for hydroxylation is 1. The van der Waals surface area contributed by atoms with Gasteiger partial charge in [-0.1, -0.05) is 0 Å². The maximum Gasteiger partial charge on any atom is 0.322 e. The van der Waals surface area contributed by atoms with E-state index >= 15 is 0 Å². The number of aliphatic carboxylic acids is 2. The van der Waals surface area contributed by atoms with Gasteiger partial charge in [-0.15, -0.1) is 11.3 Å². The number of hydrogen-bond donors (Lipinski definition) is 3. The predicted molar refractivity (Wildman–Crippen MR) is 63.1 cm³/mol. The van der Waals surface area contributed by atoms with Crippen molar-refractivity contribution in [3.63, 3.8) is 0 Å². The average molecular weight is 293 g/mol. The van der Waals surface area contributed by atoms with Crippen molar-refractivity contribution in [2.75, 3.05) is 0 Å². The van der Waals surface area contributed by atoms with E-state index in [1.807, 2.05) is 4.72 Å². The number of nitrogens with one attached hydrogen (secondary N) is 1. The van der Waals surface area contributed by atoms with Gasteiger partial charge in [-0.25, -0.2) is 8.42 Å². The van der Waals surface area contributed by atoms with Crippen LogP contribution in [0.3, 0.4) is 0 Å². The quantitative estimate of drug-likeness (QED) is 0.692. The van der Waals surface area contributed by atoms with Gasteiger partial charge in [-0.2, -0.15) is 4.72 Å². The minimum absolute atomic E-state index is 0.0448. The summed E-state index contributed by atoms with van der Waals surface area (Å²) < 4.78 is 25.4. The van der Waals surface area contributed by atoms with Gasteiger partial charge in [-0.05, 0) is 19.1 Å². The van der Waals surface area contributed by atoms with Crippen molar-refractivity contribution in [1.29, 1.82) is 0 Å². The molecule has 0 spiro atoms. The molecule has 9 heteroatoms. The third-order valence-corrected chi connectivity index (χ3v) is 4.92. The van der Waals surface area contributed by atoms with Gasteiger partial charge < -0.3 is 10.2 Å². The Kier molecular flexibility index (Phi) is 4.43. The molecule has 3 N–H and O–H groups in total. The monoisotopic (exact) mass is 293 g/mol. The molecule has 0 radical (unpaired) electrons. The molecule has 1 atom stereocenters. The third kappa shape index (κ3) is 3.79. The molecule has 0 aliphatic rings. The number of carbonyl (C=O) groups is 2. The van der Waals surface area contributed by atoms with Crippen LogP contribution in [0.4, 0.5) is 0 Å². The first kappa shape index (κ1) is 14.6. The second-order valence-corrected chi connectivity index (χ2v) is 6.70. The summed E-state index contributed by atoms with van der Waals surface area (Å²) in [6.45, 7) is 1.70. The van der Waals surface area contributed by atoms with E-state index in [9.17, 15) is 18.0 Å². The lowest BCUT2D eigenvalue weighted by Crippen LogP contribution is -2.41. The lowest BCUT2D eigenvalue weighted by Gasteiger charge is -2.11. The van der Waals surface area contributed by atoms with Crippen molar-refractivity contribution in [2.45, 2.75) is 23.6 Å². The van der Waals surface area contributed by atoms with Gasteiger partial charge in [0, 0.05) is 4.88 Å². The predicted octanol–water partition coefficient (Wildman–Crippen LogP) is 0.263. The highest BCUT2D eigenvalue weighted by molar-refractivity contribution is 7.91. The van der Waals surface area contributed by atoms with E-state index in [1.165, 1.54) is 6.07 Å². The van der Waals surface area contributed by atoms with Crippen molar-refractivity contribution in [3.8, 4) is 0 Å². The Bertz CT molecular complexity index is 561. The topological polar surface area (TPSA) is 121 Å². The van der Waals surface area contributed by atoms with Crippen LogP contribution in [-0.4, -0.2) is 36.6 Å². The van der Waals surface area contributed by atoms with Crippen molar-refractivity contribution in [2.24, 2.45) is 0 Å². The number of hydrogen-bond acceptors (Lipinski definition) is 5. The van der Waals surface area contributed by atoms with E-state index < -0.39 is 34.4 Å². The van der Waals surface area contributed by atoms with Crippen LogP contribution in [0, 0.1) is 6.92 Å². The van der Waals surface area contributed by atoms with Gasteiger partial charge >= 0.3 is 11.9 Å². The van der Waals surface area contributed by atoms with Crippen LogP contribution in [0.2, 0.25) is 0 Å². The summed E-state index contributed by atoms with van der Waals surface area (Å²) in [6, 6.07) is 1.23. The molecule has 1 rings (SSSR count). The van der Waals surface area contributed by atoms with E-state index in [2.05, 4.69) is 0 Å². The average Bonchev–Trinajstić information content (AvgIpc) is 2.63. The van der Waals surface area contributed by atoms with Crippen LogP contribution >= 0.6 is 11.3 Å². The molecule has 0 fully saturated rings. The molecule has 0 saturated carbocycles. The molecule has 0 saturated heterocycles. The lowest BCUT2D eigenvalue weighted by molar-refractivity contribution is -0.145. The maximum absolute atomic E-state index is 11.8. The van der Waals surface area contributed by atoms with E-state index in [0.29, 0.717) is 0 Å². The number of sulfonamides is 1. The minimum atomic E-state index is -4.00. The highest BCUT2D eigenvalue weighted by atomic mass is 32.2. The molecule has 0 amide bonds. The fourth-order valence-corrected chi connectivity index (χ4v) is 3.64. The highest BCUT2D eigenvalue weighted by Crippen LogP contribution is 2.20. The van der Waals surface area contributed by atoms with Crippen molar-refractivity contribution < 1.29 is 28.2 Å². The molecule has 0 aliphatic carbocycles. The van der Waals surface area contributed by atoms with Gasteiger partial charge in [0.05, 0.1) is 6.42 Å². The number of thiophene rings is 1. The number of carboxylic acid groups (broad SMARTS) is 2. The summed E-state index contributed by atoms with van der Waals surface area (Å²) in [7, 11) is -4.00. The first-order valence-corrected chi connectivity index (χ1v) is 7.05. The van der Waals surface area contributed by atoms with E-state index in [0.717, 1.165) is 16.2 Å². The zero-order valence-corrected chi connectivity index (χ0v) is 10.9. The van der Waals surface area contributed by atoms with E-state index in [1.54, 1.807) is 13.0 Å². The summed E-state index contributed by atoms with van der Waals surface area (Å²) in [5.74, 6) is -2.93. The Morgan fingerprint density at radius 1 is 1.39 bits per heavy atom. The molecule has 7 nitrogen and oxygen atoms in total. The molecule has 1 aromatic rings. The molecule has 0 bridgehead atoms. The van der Waals surface area contributed by atoms with Gasteiger partial charge in [0.1, 0.15) is 10.3 Å². The maximum atomic E-state index is 11.8. The van der Waals surface area contributed by atoms with Gasteiger partial charge in [0.15, 0.2) is 0 Å². The molecule has 1 heterocycles. The summed E-state index contributed by atoms with van der Waals surface area (Å²) in [6.07, 6.45) is -0.821. The second-order valence-electron chi connectivity index (χ2n) is 3.48. The van der Waals surface area contributed by atoms with E-state index in [-0.39, 0.29) is 4.21 Å². The largest absolute Gasteiger partial charge is 0.481 e. The molecule has 1 unspecified atom stereocenters. The first-order valence-electron chi connectivity index (χ1n) is 4.76. The molecular weight excluding hydrogens is 282 g/mol.